The molecule has 1 aromatic heterocycles. The van der Waals surface area contributed by atoms with Crippen molar-refractivity contribution in [2.45, 2.75) is 59.4 Å². The molecule has 0 saturated carbocycles. The first-order valence-corrected chi connectivity index (χ1v) is 7.85. The Kier molecular flexibility index (Phi) is 12.2. The molecule has 0 saturated heterocycles. The van der Waals surface area contributed by atoms with E-state index in [0.717, 1.165) is 18.4 Å². The Morgan fingerprint density at radius 3 is 2.50 bits per heavy atom. The fourth-order valence-corrected chi connectivity index (χ4v) is 2.03. The van der Waals surface area contributed by atoms with Crippen LogP contribution in [-0.4, -0.2) is 29.7 Å². The number of rotatable bonds is 9. The summed E-state index contributed by atoms with van der Waals surface area (Å²) in [7, 11) is 1.76. The van der Waals surface area contributed by atoms with Crippen molar-refractivity contribution in [2.24, 2.45) is 10.9 Å². The van der Waals surface area contributed by atoms with E-state index in [-0.39, 0.29) is 24.0 Å². The van der Waals surface area contributed by atoms with Gasteiger partial charge in [0.15, 0.2) is 11.8 Å². The molecule has 0 bridgehead atoms. The SMILES string of the molecule is CN=C(NCCCCCCC(C)C)NCc1noc(C)n1.I. The van der Waals surface area contributed by atoms with Crippen molar-refractivity contribution >= 4 is 29.9 Å². The fourth-order valence-electron chi connectivity index (χ4n) is 2.03. The summed E-state index contributed by atoms with van der Waals surface area (Å²) in [6, 6.07) is 0. The molecule has 0 fully saturated rings. The number of guanidine groups is 1. The summed E-state index contributed by atoms with van der Waals surface area (Å²) in [5, 5.41) is 10.3. The maximum absolute atomic E-state index is 4.92. The highest BCUT2D eigenvalue weighted by atomic mass is 127. The summed E-state index contributed by atoms with van der Waals surface area (Å²) < 4.78 is 4.92. The largest absolute Gasteiger partial charge is 0.356 e. The van der Waals surface area contributed by atoms with Crippen molar-refractivity contribution in [3.63, 3.8) is 0 Å². The Hall–Kier alpha value is -0.860. The first kappa shape index (κ1) is 21.1. The lowest BCUT2D eigenvalue weighted by Gasteiger charge is -2.10. The number of unbranched alkanes of at least 4 members (excludes halogenated alkanes) is 3. The molecular formula is C15H30IN5O. The quantitative estimate of drug-likeness (QED) is 0.276. The van der Waals surface area contributed by atoms with Crippen LogP contribution in [0.1, 0.15) is 57.7 Å². The van der Waals surface area contributed by atoms with Gasteiger partial charge in [-0.15, -0.1) is 24.0 Å². The highest BCUT2D eigenvalue weighted by Crippen LogP contribution is 2.08. The molecule has 0 aliphatic heterocycles. The van der Waals surface area contributed by atoms with Crippen LogP contribution in [0.5, 0.6) is 0 Å². The third-order valence-electron chi connectivity index (χ3n) is 3.21. The predicted octanol–water partition coefficient (Wildman–Crippen LogP) is 3.27. The maximum Gasteiger partial charge on any atom is 0.223 e. The number of hydrogen-bond donors (Lipinski definition) is 2. The molecule has 6 nitrogen and oxygen atoms in total. The molecule has 0 aliphatic rings. The van der Waals surface area contributed by atoms with Gasteiger partial charge in [-0.3, -0.25) is 4.99 Å². The lowest BCUT2D eigenvalue weighted by molar-refractivity contribution is 0.387. The van der Waals surface area contributed by atoms with E-state index >= 15 is 0 Å². The Balaban J connectivity index is 0.00000441. The van der Waals surface area contributed by atoms with Crippen molar-refractivity contribution in [2.75, 3.05) is 13.6 Å². The van der Waals surface area contributed by atoms with E-state index < -0.39 is 0 Å². The van der Waals surface area contributed by atoms with Gasteiger partial charge in [0.05, 0.1) is 6.54 Å². The molecule has 0 aliphatic carbocycles. The molecular weight excluding hydrogens is 393 g/mol. The lowest BCUT2D eigenvalue weighted by Crippen LogP contribution is -2.37. The van der Waals surface area contributed by atoms with Gasteiger partial charge in [0.2, 0.25) is 5.89 Å². The first-order chi connectivity index (χ1) is 10.1. The molecule has 0 aromatic carbocycles. The van der Waals surface area contributed by atoms with Gasteiger partial charge in [-0.1, -0.05) is 44.7 Å². The van der Waals surface area contributed by atoms with Crippen LogP contribution in [0.15, 0.2) is 9.52 Å². The Labute approximate surface area is 150 Å². The number of aryl methyl sites for hydroxylation is 1. The minimum Gasteiger partial charge on any atom is -0.356 e. The molecule has 0 radical (unpaired) electrons. The molecule has 2 N–H and O–H groups in total. The fraction of sp³-hybridized carbons (Fsp3) is 0.800. The van der Waals surface area contributed by atoms with Gasteiger partial charge in [0.25, 0.3) is 0 Å². The highest BCUT2D eigenvalue weighted by Gasteiger charge is 2.03. The molecule has 0 spiro atoms. The minimum atomic E-state index is 0. The number of aromatic nitrogens is 2. The van der Waals surface area contributed by atoms with Gasteiger partial charge in [0, 0.05) is 20.5 Å². The summed E-state index contributed by atoms with van der Waals surface area (Å²) in [5.74, 6) is 2.82. The summed E-state index contributed by atoms with van der Waals surface area (Å²) >= 11 is 0. The van der Waals surface area contributed by atoms with E-state index in [1.165, 1.54) is 32.1 Å². The van der Waals surface area contributed by atoms with Crippen molar-refractivity contribution in [3.8, 4) is 0 Å². The van der Waals surface area contributed by atoms with E-state index in [0.29, 0.717) is 18.3 Å². The van der Waals surface area contributed by atoms with Gasteiger partial charge in [0.1, 0.15) is 0 Å². The second-order valence-electron chi connectivity index (χ2n) is 5.68. The zero-order valence-electron chi connectivity index (χ0n) is 14.2. The Bertz CT molecular complexity index is 420. The lowest BCUT2D eigenvalue weighted by atomic mass is 10.0. The van der Waals surface area contributed by atoms with Crippen LogP contribution in [0.3, 0.4) is 0 Å². The van der Waals surface area contributed by atoms with Crippen LogP contribution in [0, 0.1) is 12.8 Å². The van der Waals surface area contributed by atoms with E-state index in [1.807, 2.05) is 0 Å². The Morgan fingerprint density at radius 1 is 1.18 bits per heavy atom. The van der Waals surface area contributed by atoms with Crippen molar-refractivity contribution in [1.29, 1.82) is 0 Å². The molecule has 22 heavy (non-hydrogen) atoms. The van der Waals surface area contributed by atoms with Gasteiger partial charge in [-0.25, -0.2) is 0 Å². The van der Waals surface area contributed by atoms with E-state index in [9.17, 15) is 0 Å². The normalized spacial score (nSPS) is 11.4. The van der Waals surface area contributed by atoms with Crippen LogP contribution in [-0.2, 0) is 6.54 Å². The number of hydrogen-bond acceptors (Lipinski definition) is 4. The topological polar surface area (TPSA) is 75.3 Å². The average Bonchev–Trinajstić information content (AvgIpc) is 2.86. The maximum atomic E-state index is 4.92. The molecule has 128 valence electrons. The molecule has 0 atom stereocenters. The van der Waals surface area contributed by atoms with Crippen LogP contribution in [0.2, 0.25) is 0 Å². The molecule has 1 heterocycles. The van der Waals surface area contributed by atoms with Gasteiger partial charge >= 0.3 is 0 Å². The van der Waals surface area contributed by atoms with Crippen molar-refractivity contribution < 1.29 is 4.52 Å². The van der Waals surface area contributed by atoms with E-state index in [4.69, 9.17) is 4.52 Å². The van der Waals surface area contributed by atoms with Crippen LogP contribution >= 0.6 is 24.0 Å². The molecule has 0 unspecified atom stereocenters. The van der Waals surface area contributed by atoms with Gasteiger partial charge < -0.3 is 15.2 Å². The molecule has 1 rings (SSSR count). The number of nitrogens with zero attached hydrogens (tertiary/aromatic N) is 3. The average molecular weight is 423 g/mol. The number of nitrogens with one attached hydrogen (secondary N) is 2. The van der Waals surface area contributed by atoms with Crippen LogP contribution in [0.4, 0.5) is 0 Å². The second kappa shape index (κ2) is 12.7. The summed E-state index contributed by atoms with van der Waals surface area (Å²) in [4.78, 5) is 8.31. The number of aliphatic imine (C=N–C) groups is 1. The minimum absolute atomic E-state index is 0. The standard InChI is InChI=1S/C15H29N5O.HI/c1-12(2)9-7-5-6-8-10-17-15(16-4)18-11-14-19-13(3)21-20-14;/h12H,5-11H2,1-4H3,(H2,16,17,18);1H. The zero-order chi connectivity index (χ0) is 15.5. The Morgan fingerprint density at radius 2 is 1.91 bits per heavy atom. The van der Waals surface area contributed by atoms with E-state index in [2.05, 4.69) is 39.6 Å². The van der Waals surface area contributed by atoms with Crippen molar-refractivity contribution in [1.82, 2.24) is 20.8 Å². The molecule has 0 amide bonds. The molecule has 1 aromatic rings. The number of halogens is 1. The van der Waals surface area contributed by atoms with Gasteiger partial charge in [-0.2, -0.15) is 4.98 Å². The monoisotopic (exact) mass is 423 g/mol. The summed E-state index contributed by atoms with van der Waals surface area (Å²) in [6.07, 6.45) is 6.41. The smallest absolute Gasteiger partial charge is 0.223 e. The second-order valence-corrected chi connectivity index (χ2v) is 5.68. The van der Waals surface area contributed by atoms with E-state index in [1.54, 1.807) is 14.0 Å². The third-order valence-corrected chi connectivity index (χ3v) is 3.21. The van der Waals surface area contributed by atoms with Crippen LogP contribution in [0.25, 0.3) is 0 Å². The third kappa shape index (κ3) is 9.97. The van der Waals surface area contributed by atoms with Crippen LogP contribution < -0.4 is 10.6 Å². The summed E-state index contributed by atoms with van der Waals surface area (Å²) in [6.45, 7) is 7.80. The summed E-state index contributed by atoms with van der Waals surface area (Å²) in [5.41, 5.74) is 0. The predicted molar refractivity (Wildman–Crippen MR) is 101 cm³/mol. The van der Waals surface area contributed by atoms with Gasteiger partial charge in [-0.05, 0) is 12.3 Å². The first-order valence-electron chi connectivity index (χ1n) is 7.85. The molecule has 7 heteroatoms. The highest BCUT2D eigenvalue weighted by molar-refractivity contribution is 14.0. The van der Waals surface area contributed by atoms with Crippen molar-refractivity contribution in [3.05, 3.63) is 11.7 Å². The zero-order valence-corrected chi connectivity index (χ0v) is 16.5.